The van der Waals surface area contributed by atoms with Crippen molar-refractivity contribution in [2.45, 2.75) is 26.3 Å². The zero-order chi connectivity index (χ0) is 12.5. The van der Waals surface area contributed by atoms with Gasteiger partial charge in [-0.25, -0.2) is 0 Å². The van der Waals surface area contributed by atoms with Crippen LogP contribution in [0.15, 0.2) is 36.5 Å². The number of nitrogens with zero attached hydrogens (tertiary/aromatic N) is 2. The van der Waals surface area contributed by atoms with E-state index in [9.17, 15) is 0 Å². The molecule has 1 N–H and O–H groups in total. The Morgan fingerprint density at radius 2 is 1.94 bits per heavy atom. The van der Waals surface area contributed by atoms with Crippen LogP contribution >= 0.6 is 0 Å². The van der Waals surface area contributed by atoms with E-state index in [0.717, 1.165) is 16.9 Å². The number of rotatable bonds is 2. The molecule has 2 rings (SSSR count). The summed E-state index contributed by atoms with van der Waals surface area (Å²) in [5, 5.41) is 7.87. The molecular formula is C14H19N3. The minimum atomic E-state index is 0.0722. The van der Waals surface area contributed by atoms with Crippen LogP contribution in [0.1, 0.15) is 20.8 Å². The maximum atomic E-state index is 4.41. The molecule has 0 aliphatic heterocycles. The molecular weight excluding hydrogens is 210 g/mol. The highest BCUT2D eigenvalue weighted by Crippen LogP contribution is 2.22. The highest BCUT2D eigenvalue weighted by molar-refractivity contribution is 5.65. The van der Waals surface area contributed by atoms with Crippen molar-refractivity contribution in [1.29, 1.82) is 0 Å². The van der Waals surface area contributed by atoms with Gasteiger partial charge in [-0.3, -0.25) is 4.68 Å². The highest BCUT2D eigenvalue weighted by Gasteiger charge is 2.10. The van der Waals surface area contributed by atoms with Gasteiger partial charge in [0, 0.05) is 30.0 Å². The number of benzene rings is 1. The van der Waals surface area contributed by atoms with Crippen LogP contribution in [-0.4, -0.2) is 15.3 Å². The van der Waals surface area contributed by atoms with Crippen molar-refractivity contribution in [1.82, 2.24) is 9.78 Å². The molecule has 0 amide bonds. The molecule has 0 aliphatic carbocycles. The van der Waals surface area contributed by atoms with E-state index in [4.69, 9.17) is 0 Å². The molecule has 0 spiro atoms. The van der Waals surface area contributed by atoms with E-state index in [0.29, 0.717) is 0 Å². The second kappa shape index (κ2) is 4.24. The van der Waals surface area contributed by atoms with Gasteiger partial charge < -0.3 is 5.32 Å². The van der Waals surface area contributed by atoms with Crippen LogP contribution in [0.3, 0.4) is 0 Å². The third kappa shape index (κ3) is 3.09. The average Bonchev–Trinajstić information content (AvgIpc) is 2.63. The lowest BCUT2D eigenvalue weighted by Crippen LogP contribution is -2.25. The van der Waals surface area contributed by atoms with Crippen molar-refractivity contribution in [2.24, 2.45) is 7.05 Å². The van der Waals surface area contributed by atoms with Crippen LogP contribution in [-0.2, 0) is 7.05 Å². The van der Waals surface area contributed by atoms with Gasteiger partial charge in [0.05, 0.1) is 5.69 Å². The Morgan fingerprint density at radius 3 is 2.53 bits per heavy atom. The molecule has 0 fully saturated rings. The third-order valence-corrected chi connectivity index (χ3v) is 2.39. The summed E-state index contributed by atoms with van der Waals surface area (Å²) in [6.07, 6.45) is 1.96. The molecule has 2 aromatic rings. The minimum absolute atomic E-state index is 0.0722. The van der Waals surface area contributed by atoms with E-state index >= 15 is 0 Å². The lowest BCUT2D eigenvalue weighted by Gasteiger charge is -2.22. The van der Waals surface area contributed by atoms with Crippen molar-refractivity contribution < 1.29 is 0 Å². The normalized spacial score (nSPS) is 11.5. The molecule has 0 radical (unpaired) electrons. The Hall–Kier alpha value is -1.77. The van der Waals surface area contributed by atoms with E-state index in [1.165, 1.54) is 0 Å². The fourth-order valence-electron chi connectivity index (χ4n) is 1.76. The second-order valence-corrected chi connectivity index (χ2v) is 5.33. The van der Waals surface area contributed by atoms with Crippen LogP contribution in [0.2, 0.25) is 0 Å². The first-order chi connectivity index (χ1) is 7.94. The van der Waals surface area contributed by atoms with Gasteiger partial charge in [0.1, 0.15) is 0 Å². The minimum Gasteiger partial charge on any atom is -0.380 e. The van der Waals surface area contributed by atoms with Crippen LogP contribution in [0.25, 0.3) is 11.3 Å². The third-order valence-electron chi connectivity index (χ3n) is 2.39. The quantitative estimate of drug-likeness (QED) is 0.856. The number of nitrogens with one attached hydrogen (secondary N) is 1. The Kier molecular flexibility index (Phi) is 2.92. The van der Waals surface area contributed by atoms with Crippen molar-refractivity contribution in [3.8, 4) is 11.3 Å². The monoisotopic (exact) mass is 229 g/mol. The molecule has 0 unspecified atom stereocenters. The Balaban J connectivity index is 2.29. The van der Waals surface area contributed by atoms with Crippen LogP contribution in [0.5, 0.6) is 0 Å². The van der Waals surface area contributed by atoms with Gasteiger partial charge in [0.15, 0.2) is 0 Å². The summed E-state index contributed by atoms with van der Waals surface area (Å²) in [5.74, 6) is 0. The molecule has 0 aliphatic rings. The molecule has 0 saturated heterocycles. The average molecular weight is 229 g/mol. The molecule has 17 heavy (non-hydrogen) atoms. The lowest BCUT2D eigenvalue weighted by molar-refractivity contribution is 0.634. The smallest absolute Gasteiger partial charge is 0.0923 e. The fraction of sp³-hybridized carbons (Fsp3) is 0.357. The predicted octanol–water partition coefficient (Wildman–Crippen LogP) is 3.30. The maximum absolute atomic E-state index is 4.41. The van der Waals surface area contributed by atoms with Gasteiger partial charge in [-0.1, -0.05) is 12.1 Å². The summed E-state index contributed by atoms with van der Waals surface area (Å²) in [4.78, 5) is 0. The number of aryl methyl sites for hydroxylation is 1. The lowest BCUT2D eigenvalue weighted by atomic mass is 10.1. The molecule has 0 bridgehead atoms. The first-order valence-corrected chi connectivity index (χ1v) is 5.82. The van der Waals surface area contributed by atoms with Gasteiger partial charge in [-0.15, -0.1) is 0 Å². The van der Waals surface area contributed by atoms with Gasteiger partial charge in [-0.05, 0) is 39.0 Å². The standard InChI is InChI=1S/C14H19N3/c1-14(2,3)15-12-7-5-6-11(10-12)13-8-9-17(4)16-13/h5-10,15H,1-4H3. The predicted molar refractivity (Wildman–Crippen MR) is 72.0 cm³/mol. The topological polar surface area (TPSA) is 29.9 Å². The van der Waals surface area contributed by atoms with E-state index < -0.39 is 0 Å². The number of aromatic nitrogens is 2. The molecule has 1 aromatic heterocycles. The highest BCUT2D eigenvalue weighted by atomic mass is 15.2. The van der Waals surface area contributed by atoms with E-state index in [-0.39, 0.29) is 5.54 Å². The summed E-state index contributed by atoms with van der Waals surface area (Å²) in [6, 6.07) is 10.4. The van der Waals surface area contributed by atoms with Crippen molar-refractivity contribution in [2.75, 3.05) is 5.32 Å². The molecule has 1 heterocycles. The number of hydrogen-bond donors (Lipinski definition) is 1. The zero-order valence-electron chi connectivity index (χ0n) is 10.9. The maximum Gasteiger partial charge on any atom is 0.0923 e. The van der Waals surface area contributed by atoms with Gasteiger partial charge in [0.2, 0.25) is 0 Å². The number of anilines is 1. The van der Waals surface area contributed by atoms with Crippen molar-refractivity contribution in [3.05, 3.63) is 36.5 Å². The van der Waals surface area contributed by atoms with Gasteiger partial charge in [0.25, 0.3) is 0 Å². The van der Waals surface area contributed by atoms with E-state index in [2.05, 4.69) is 55.5 Å². The summed E-state index contributed by atoms with van der Waals surface area (Å²) in [7, 11) is 1.93. The van der Waals surface area contributed by atoms with Gasteiger partial charge in [-0.2, -0.15) is 5.10 Å². The zero-order valence-corrected chi connectivity index (χ0v) is 10.9. The fourth-order valence-corrected chi connectivity index (χ4v) is 1.76. The first kappa shape index (κ1) is 11.7. The summed E-state index contributed by atoms with van der Waals surface area (Å²) < 4.78 is 1.82. The summed E-state index contributed by atoms with van der Waals surface area (Å²) in [6.45, 7) is 6.46. The SMILES string of the molecule is Cn1ccc(-c2cccc(NC(C)(C)C)c2)n1. The Bertz CT molecular complexity index is 506. The summed E-state index contributed by atoms with van der Waals surface area (Å²) in [5.41, 5.74) is 3.34. The number of hydrogen-bond acceptors (Lipinski definition) is 2. The molecule has 90 valence electrons. The Morgan fingerprint density at radius 1 is 1.18 bits per heavy atom. The molecule has 3 heteroatoms. The van der Waals surface area contributed by atoms with Crippen molar-refractivity contribution in [3.63, 3.8) is 0 Å². The van der Waals surface area contributed by atoms with Crippen LogP contribution in [0, 0.1) is 0 Å². The Labute approximate surface area is 102 Å². The van der Waals surface area contributed by atoms with Crippen molar-refractivity contribution >= 4 is 5.69 Å². The second-order valence-electron chi connectivity index (χ2n) is 5.33. The molecule has 3 nitrogen and oxygen atoms in total. The molecule has 0 saturated carbocycles. The molecule has 0 atom stereocenters. The molecule has 1 aromatic carbocycles. The van der Waals surface area contributed by atoms with E-state index in [1.54, 1.807) is 0 Å². The van der Waals surface area contributed by atoms with Crippen LogP contribution < -0.4 is 5.32 Å². The van der Waals surface area contributed by atoms with Gasteiger partial charge >= 0.3 is 0 Å². The van der Waals surface area contributed by atoms with E-state index in [1.807, 2.05) is 24.0 Å². The largest absolute Gasteiger partial charge is 0.380 e. The van der Waals surface area contributed by atoms with Crippen LogP contribution in [0.4, 0.5) is 5.69 Å². The first-order valence-electron chi connectivity index (χ1n) is 5.82. The summed E-state index contributed by atoms with van der Waals surface area (Å²) >= 11 is 0.